The molecule has 2 heteroatoms. The van der Waals surface area contributed by atoms with Crippen LogP contribution in [0, 0.1) is 0 Å². The topological polar surface area (TPSA) is 17.0 Å². The molecule has 0 aliphatic carbocycles. The highest BCUT2D eigenvalue weighted by molar-refractivity contribution is 5.25. The number of benzene rings is 1. The third-order valence-corrected chi connectivity index (χ3v) is 2.72. The number of aromatic nitrogens is 1. The van der Waals surface area contributed by atoms with Gasteiger partial charge in [-0.05, 0) is 29.2 Å². The van der Waals surface area contributed by atoms with E-state index in [0.29, 0.717) is 5.92 Å². The van der Waals surface area contributed by atoms with Crippen molar-refractivity contribution in [1.82, 2.24) is 4.68 Å². The van der Waals surface area contributed by atoms with Crippen LogP contribution in [0.2, 0.25) is 0 Å². The van der Waals surface area contributed by atoms with E-state index in [0.717, 1.165) is 6.54 Å². The van der Waals surface area contributed by atoms with Crippen molar-refractivity contribution in [1.29, 1.82) is 0 Å². The highest BCUT2D eigenvalue weighted by Crippen LogP contribution is 2.14. The van der Waals surface area contributed by atoms with Gasteiger partial charge in [0.05, 0.1) is 6.54 Å². The van der Waals surface area contributed by atoms with E-state index in [1.165, 1.54) is 11.1 Å². The quantitative estimate of drug-likeness (QED) is 0.825. The van der Waals surface area contributed by atoms with Gasteiger partial charge >= 0.3 is 0 Å². The van der Waals surface area contributed by atoms with E-state index in [4.69, 9.17) is 0 Å². The predicted molar refractivity (Wildman–Crippen MR) is 68.0 cm³/mol. The summed E-state index contributed by atoms with van der Waals surface area (Å²) in [5.74, 6) is 0.603. The Bertz CT molecular complexity index is 413. The third kappa shape index (κ3) is 2.66. The molecule has 2 rings (SSSR count). The Labute approximate surface area is 96.9 Å². The molecule has 2 nitrogen and oxygen atoms in total. The van der Waals surface area contributed by atoms with Crippen molar-refractivity contribution < 1.29 is 0 Å². The molecule has 0 bridgehead atoms. The molecule has 0 saturated carbocycles. The van der Waals surface area contributed by atoms with Crippen molar-refractivity contribution in [2.75, 3.05) is 5.43 Å². The fraction of sp³-hybridized carbons (Fsp3) is 0.286. The molecule has 0 amide bonds. The van der Waals surface area contributed by atoms with Gasteiger partial charge in [-0.2, -0.15) is 0 Å². The molecule has 0 saturated heterocycles. The van der Waals surface area contributed by atoms with Crippen molar-refractivity contribution in [3.05, 3.63) is 59.9 Å². The minimum atomic E-state index is 0.603. The standard InChI is InChI=1S/C14H18N2/c1-12(2)14-7-5-13(6-8-14)11-15-16-9-3-4-10-16/h3-10,12,15H,11H2,1-2H3. The van der Waals surface area contributed by atoms with Crippen molar-refractivity contribution in [2.45, 2.75) is 26.3 Å². The Morgan fingerprint density at radius 1 is 1.06 bits per heavy atom. The maximum absolute atomic E-state index is 3.31. The molecule has 0 radical (unpaired) electrons. The van der Waals surface area contributed by atoms with Gasteiger partial charge < -0.3 is 5.43 Å². The minimum absolute atomic E-state index is 0.603. The molecule has 1 heterocycles. The average Bonchev–Trinajstić information content (AvgIpc) is 2.80. The SMILES string of the molecule is CC(C)c1ccc(CNn2cccc2)cc1. The fourth-order valence-electron chi connectivity index (χ4n) is 1.64. The van der Waals surface area contributed by atoms with Crippen molar-refractivity contribution in [3.63, 3.8) is 0 Å². The first kappa shape index (κ1) is 10.8. The summed E-state index contributed by atoms with van der Waals surface area (Å²) in [5, 5.41) is 0. The Morgan fingerprint density at radius 2 is 1.69 bits per heavy atom. The molecule has 0 fully saturated rings. The van der Waals surface area contributed by atoms with Gasteiger partial charge in [0.25, 0.3) is 0 Å². The monoisotopic (exact) mass is 214 g/mol. The van der Waals surface area contributed by atoms with Crippen LogP contribution in [0.5, 0.6) is 0 Å². The van der Waals surface area contributed by atoms with Gasteiger partial charge in [0.15, 0.2) is 0 Å². The lowest BCUT2D eigenvalue weighted by atomic mass is 10.0. The van der Waals surface area contributed by atoms with Crippen molar-refractivity contribution in [2.24, 2.45) is 0 Å². The molecule has 1 aromatic heterocycles. The highest BCUT2D eigenvalue weighted by Gasteiger charge is 1.98. The summed E-state index contributed by atoms with van der Waals surface area (Å²) in [6, 6.07) is 12.8. The van der Waals surface area contributed by atoms with Crippen LogP contribution in [0.25, 0.3) is 0 Å². The smallest absolute Gasteiger partial charge is 0.0564 e. The van der Waals surface area contributed by atoms with E-state index in [2.05, 4.69) is 43.5 Å². The van der Waals surface area contributed by atoms with Crippen LogP contribution in [0.3, 0.4) is 0 Å². The summed E-state index contributed by atoms with van der Waals surface area (Å²) in [7, 11) is 0. The normalized spacial score (nSPS) is 10.7. The number of hydrogen-bond donors (Lipinski definition) is 1. The van der Waals surface area contributed by atoms with Gasteiger partial charge in [-0.1, -0.05) is 38.1 Å². The predicted octanol–water partition coefficient (Wildman–Crippen LogP) is 3.36. The van der Waals surface area contributed by atoms with E-state index < -0.39 is 0 Å². The first-order valence-electron chi connectivity index (χ1n) is 5.71. The number of nitrogens with zero attached hydrogens (tertiary/aromatic N) is 1. The lowest BCUT2D eigenvalue weighted by Gasteiger charge is -2.09. The summed E-state index contributed by atoms with van der Waals surface area (Å²) in [6.45, 7) is 5.28. The van der Waals surface area contributed by atoms with Gasteiger partial charge in [0, 0.05) is 12.4 Å². The van der Waals surface area contributed by atoms with Crippen LogP contribution >= 0.6 is 0 Å². The Hall–Kier alpha value is -1.70. The first-order valence-corrected chi connectivity index (χ1v) is 5.71. The third-order valence-electron chi connectivity index (χ3n) is 2.72. The largest absolute Gasteiger partial charge is 0.322 e. The zero-order valence-electron chi connectivity index (χ0n) is 9.85. The van der Waals surface area contributed by atoms with Crippen molar-refractivity contribution >= 4 is 0 Å². The van der Waals surface area contributed by atoms with E-state index in [1.807, 2.05) is 29.2 Å². The molecule has 1 aromatic carbocycles. The minimum Gasteiger partial charge on any atom is -0.322 e. The summed E-state index contributed by atoms with van der Waals surface area (Å²) in [6.07, 6.45) is 4.00. The van der Waals surface area contributed by atoms with Gasteiger partial charge in [-0.25, -0.2) is 0 Å². The van der Waals surface area contributed by atoms with Gasteiger partial charge in [-0.3, -0.25) is 4.68 Å². The molecule has 0 aliphatic heterocycles. The van der Waals surface area contributed by atoms with Crippen LogP contribution in [-0.2, 0) is 6.54 Å². The molecule has 0 atom stereocenters. The summed E-state index contributed by atoms with van der Waals surface area (Å²) < 4.78 is 1.97. The number of hydrogen-bond acceptors (Lipinski definition) is 1. The molecule has 0 spiro atoms. The van der Waals surface area contributed by atoms with E-state index in [-0.39, 0.29) is 0 Å². The highest BCUT2D eigenvalue weighted by atomic mass is 15.4. The first-order chi connectivity index (χ1) is 7.75. The number of rotatable bonds is 4. The Balaban J connectivity index is 1.95. The second-order valence-corrected chi connectivity index (χ2v) is 4.32. The van der Waals surface area contributed by atoms with E-state index in [9.17, 15) is 0 Å². The van der Waals surface area contributed by atoms with Crippen LogP contribution in [0.15, 0.2) is 48.8 Å². The molecule has 2 aromatic rings. The van der Waals surface area contributed by atoms with Crippen LogP contribution in [0.1, 0.15) is 30.9 Å². The zero-order valence-corrected chi connectivity index (χ0v) is 9.85. The zero-order chi connectivity index (χ0) is 11.4. The van der Waals surface area contributed by atoms with Gasteiger partial charge in [-0.15, -0.1) is 0 Å². The van der Waals surface area contributed by atoms with Gasteiger partial charge in [0.2, 0.25) is 0 Å². The van der Waals surface area contributed by atoms with Crippen LogP contribution < -0.4 is 5.43 Å². The maximum atomic E-state index is 3.31. The van der Waals surface area contributed by atoms with E-state index >= 15 is 0 Å². The molecular formula is C14H18N2. The molecule has 0 unspecified atom stereocenters. The second-order valence-electron chi connectivity index (χ2n) is 4.32. The van der Waals surface area contributed by atoms with Gasteiger partial charge in [0.1, 0.15) is 0 Å². The average molecular weight is 214 g/mol. The fourth-order valence-corrected chi connectivity index (χ4v) is 1.64. The molecule has 1 N–H and O–H groups in total. The lowest BCUT2D eigenvalue weighted by Crippen LogP contribution is -2.11. The molecule has 0 aliphatic rings. The van der Waals surface area contributed by atoms with E-state index in [1.54, 1.807) is 0 Å². The molecular weight excluding hydrogens is 196 g/mol. The van der Waals surface area contributed by atoms with Crippen molar-refractivity contribution in [3.8, 4) is 0 Å². The summed E-state index contributed by atoms with van der Waals surface area (Å²) in [4.78, 5) is 0. The summed E-state index contributed by atoms with van der Waals surface area (Å²) in [5.41, 5.74) is 6.00. The summed E-state index contributed by atoms with van der Waals surface area (Å²) >= 11 is 0. The Kier molecular flexibility index (Phi) is 3.30. The number of nitrogens with one attached hydrogen (secondary N) is 1. The Morgan fingerprint density at radius 3 is 2.25 bits per heavy atom. The molecule has 84 valence electrons. The van der Waals surface area contributed by atoms with Crippen LogP contribution in [-0.4, -0.2) is 4.68 Å². The lowest BCUT2D eigenvalue weighted by molar-refractivity contribution is 0.840. The maximum Gasteiger partial charge on any atom is 0.0564 e. The second kappa shape index (κ2) is 4.88. The molecule has 16 heavy (non-hydrogen) atoms. The van der Waals surface area contributed by atoms with Crippen LogP contribution in [0.4, 0.5) is 0 Å².